The minimum absolute atomic E-state index is 0.200. The quantitative estimate of drug-likeness (QED) is 0.415. The third kappa shape index (κ3) is 5.00. The van der Waals surface area contributed by atoms with Crippen LogP contribution in [0, 0.1) is 0 Å². The molecule has 8 nitrogen and oxygen atoms in total. The van der Waals surface area contributed by atoms with Crippen molar-refractivity contribution in [2.45, 2.75) is 38.0 Å². The van der Waals surface area contributed by atoms with E-state index in [1.54, 1.807) is 18.2 Å². The van der Waals surface area contributed by atoms with Crippen molar-refractivity contribution >= 4 is 36.3 Å². The van der Waals surface area contributed by atoms with Gasteiger partial charge in [0.15, 0.2) is 0 Å². The molecule has 2 heterocycles. The monoisotopic (exact) mass is 480 g/mol. The maximum absolute atomic E-state index is 13.0. The molecule has 1 saturated heterocycles. The van der Waals surface area contributed by atoms with E-state index in [9.17, 15) is 19.2 Å². The van der Waals surface area contributed by atoms with Crippen LogP contribution in [0.5, 0.6) is 0 Å². The van der Waals surface area contributed by atoms with Gasteiger partial charge in [0.2, 0.25) is 11.8 Å². The van der Waals surface area contributed by atoms with Crippen LogP contribution in [0.4, 0.5) is 0 Å². The van der Waals surface area contributed by atoms with Gasteiger partial charge in [0.05, 0.1) is 6.04 Å². The summed E-state index contributed by atoms with van der Waals surface area (Å²) in [5, 5.41) is 5.32. The average molecular weight is 481 g/mol. The summed E-state index contributed by atoms with van der Waals surface area (Å²) in [7, 11) is 4.03. The number of hydrogen-bond acceptors (Lipinski definition) is 6. The fraction of sp³-hybridized carbons (Fsp3) is 0.360. The van der Waals surface area contributed by atoms with Crippen LogP contribution in [0.15, 0.2) is 42.5 Å². The van der Waals surface area contributed by atoms with Gasteiger partial charge in [-0.3, -0.25) is 24.5 Å². The first-order valence-corrected chi connectivity index (χ1v) is 11.8. The van der Waals surface area contributed by atoms with Crippen molar-refractivity contribution in [1.82, 2.24) is 20.4 Å². The van der Waals surface area contributed by atoms with Crippen LogP contribution >= 0.6 is 12.6 Å². The Hall–Kier alpha value is -3.17. The average Bonchev–Trinajstić information content (AvgIpc) is 3.13. The molecule has 0 radical (unpaired) electrons. The lowest BCUT2D eigenvalue weighted by atomic mass is 10.0. The lowest BCUT2D eigenvalue weighted by Gasteiger charge is -2.29. The standard InChI is InChI=1S/C25H28N4O4S/c1-28(2)12-15-3-5-16(6-4-15)20(14-34)26-23(31)17-7-8-19-18(11-17)13-29(25(19)33)21-9-10-22(30)27-24(21)32/h3-8,11,20-21,34H,9-10,12-14H2,1-2H3,(H,26,31)(H,27,30,32)/t20-,21-/m0/s1. The molecule has 34 heavy (non-hydrogen) atoms. The number of fused-ring (bicyclic) bond motifs is 1. The van der Waals surface area contributed by atoms with E-state index in [2.05, 4.69) is 28.2 Å². The molecule has 1 fully saturated rings. The van der Waals surface area contributed by atoms with Crippen molar-refractivity contribution in [2.24, 2.45) is 0 Å². The minimum Gasteiger partial charge on any atom is -0.344 e. The number of carbonyl (C=O) groups excluding carboxylic acids is 4. The predicted molar refractivity (Wildman–Crippen MR) is 130 cm³/mol. The summed E-state index contributed by atoms with van der Waals surface area (Å²) in [6, 6.07) is 12.1. The second-order valence-electron chi connectivity index (χ2n) is 8.96. The van der Waals surface area contributed by atoms with Gasteiger partial charge in [0.1, 0.15) is 6.04 Å². The zero-order chi connectivity index (χ0) is 24.4. The SMILES string of the molecule is CN(C)Cc1ccc([C@H](CS)NC(=O)c2ccc3c(c2)CN([C@H]2CCC(=O)NC2=O)C3=O)cc1. The van der Waals surface area contributed by atoms with E-state index >= 15 is 0 Å². The number of rotatable bonds is 7. The molecule has 4 amide bonds. The number of amides is 4. The summed E-state index contributed by atoms with van der Waals surface area (Å²) >= 11 is 4.42. The normalized spacial score (nSPS) is 18.6. The van der Waals surface area contributed by atoms with Crippen molar-refractivity contribution in [1.29, 1.82) is 0 Å². The summed E-state index contributed by atoms with van der Waals surface area (Å²) in [6.07, 6.45) is 0.500. The van der Waals surface area contributed by atoms with Gasteiger partial charge in [0, 0.05) is 36.4 Å². The smallest absolute Gasteiger partial charge is 0.255 e. The largest absolute Gasteiger partial charge is 0.344 e. The highest BCUT2D eigenvalue weighted by Gasteiger charge is 2.39. The fourth-order valence-corrected chi connectivity index (χ4v) is 4.71. The minimum atomic E-state index is -0.682. The number of benzene rings is 2. The Morgan fingerprint density at radius 1 is 1.18 bits per heavy atom. The highest BCUT2D eigenvalue weighted by molar-refractivity contribution is 7.80. The van der Waals surface area contributed by atoms with Crippen LogP contribution in [0.3, 0.4) is 0 Å². The molecule has 0 aromatic heterocycles. The van der Waals surface area contributed by atoms with Gasteiger partial charge >= 0.3 is 0 Å². The van der Waals surface area contributed by atoms with E-state index in [-0.39, 0.29) is 36.7 Å². The highest BCUT2D eigenvalue weighted by atomic mass is 32.1. The number of nitrogens with one attached hydrogen (secondary N) is 2. The van der Waals surface area contributed by atoms with E-state index in [0.29, 0.717) is 28.9 Å². The van der Waals surface area contributed by atoms with E-state index in [4.69, 9.17) is 0 Å². The Bertz CT molecular complexity index is 1130. The number of thiol groups is 1. The molecule has 9 heteroatoms. The molecule has 2 aliphatic rings. The topological polar surface area (TPSA) is 98.8 Å². The van der Waals surface area contributed by atoms with Gasteiger partial charge in [-0.15, -0.1) is 0 Å². The van der Waals surface area contributed by atoms with E-state index in [1.807, 2.05) is 38.4 Å². The summed E-state index contributed by atoms with van der Waals surface area (Å²) in [5.41, 5.74) is 3.75. The molecule has 2 aromatic rings. The van der Waals surface area contributed by atoms with Crippen LogP contribution in [-0.2, 0) is 22.7 Å². The maximum Gasteiger partial charge on any atom is 0.255 e. The molecular weight excluding hydrogens is 452 g/mol. The Balaban J connectivity index is 1.46. The van der Waals surface area contributed by atoms with Crippen LogP contribution < -0.4 is 10.6 Å². The van der Waals surface area contributed by atoms with Gasteiger partial charge < -0.3 is 15.1 Å². The summed E-state index contributed by atoms with van der Waals surface area (Å²) in [5.74, 6) is -0.862. The lowest BCUT2D eigenvalue weighted by Crippen LogP contribution is -2.52. The van der Waals surface area contributed by atoms with Crippen LogP contribution in [0.25, 0.3) is 0 Å². The van der Waals surface area contributed by atoms with Gasteiger partial charge in [-0.2, -0.15) is 12.6 Å². The van der Waals surface area contributed by atoms with Gasteiger partial charge in [0.25, 0.3) is 11.8 Å². The molecule has 0 saturated carbocycles. The summed E-state index contributed by atoms with van der Waals surface area (Å²) in [4.78, 5) is 53.1. The van der Waals surface area contributed by atoms with Crippen LogP contribution in [-0.4, -0.2) is 59.3 Å². The second-order valence-corrected chi connectivity index (χ2v) is 9.33. The van der Waals surface area contributed by atoms with E-state index in [1.165, 1.54) is 10.5 Å². The van der Waals surface area contributed by atoms with Crippen LogP contribution in [0.1, 0.15) is 56.3 Å². The fourth-order valence-electron chi connectivity index (χ4n) is 4.41. The third-order valence-electron chi connectivity index (χ3n) is 6.15. The molecule has 0 unspecified atom stereocenters. The summed E-state index contributed by atoms with van der Waals surface area (Å²) in [6.45, 7) is 1.06. The zero-order valence-corrected chi connectivity index (χ0v) is 20.1. The molecule has 0 aliphatic carbocycles. The van der Waals surface area contributed by atoms with Crippen molar-refractivity contribution in [2.75, 3.05) is 19.8 Å². The lowest BCUT2D eigenvalue weighted by molar-refractivity contribution is -0.136. The molecule has 4 rings (SSSR count). The van der Waals surface area contributed by atoms with Crippen molar-refractivity contribution < 1.29 is 19.2 Å². The van der Waals surface area contributed by atoms with Crippen molar-refractivity contribution in [3.63, 3.8) is 0 Å². The summed E-state index contributed by atoms with van der Waals surface area (Å²) < 4.78 is 0. The number of nitrogens with zero attached hydrogens (tertiary/aromatic N) is 2. The number of hydrogen-bond donors (Lipinski definition) is 3. The molecule has 2 N–H and O–H groups in total. The Morgan fingerprint density at radius 3 is 2.56 bits per heavy atom. The zero-order valence-electron chi connectivity index (χ0n) is 19.2. The first kappa shape index (κ1) is 24.0. The molecule has 2 aromatic carbocycles. The molecule has 2 aliphatic heterocycles. The van der Waals surface area contributed by atoms with Gasteiger partial charge in [-0.25, -0.2) is 0 Å². The van der Waals surface area contributed by atoms with Crippen molar-refractivity contribution in [3.05, 3.63) is 70.3 Å². The molecular formula is C25H28N4O4S. The Labute approximate surface area is 204 Å². The molecule has 178 valence electrons. The van der Waals surface area contributed by atoms with E-state index < -0.39 is 11.9 Å². The van der Waals surface area contributed by atoms with Crippen molar-refractivity contribution in [3.8, 4) is 0 Å². The van der Waals surface area contributed by atoms with E-state index in [0.717, 1.165) is 12.1 Å². The molecule has 0 bridgehead atoms. The first-order chi connectivity index (χ1) is 16.3. The molecule has 0 spiro atoms. The van der Waals surface area contributed by atoms with Crippen LogP contribution in [0.2, 0.25) is 0 Å². The highest BCUT2D eigenvalue weighted by Crippen LogP contribution is 2.28. The molecule has 2 atom stereocenters. The second kappa shape index (κ2) is 9.99. The number of piperidine rings is 1. The van der Waals surface area contributed by atoms with Gasteiger partial charge in [-0.05, 0) is 55.4 Å². The maximum atomic E-state index is 13.0. The number of carbonyl (C=O) groups is 4. The predicted octanol–water partition coefficient (Wildman–Crippen LogP) is 1.91. The van der Waals surface area contributed by atoms with Gasteiger partial charge in [-0.1, -0.05) is 24.3 Å². The number of imide groups is 1. The Morgan fingerprint density at radius 2 is 1.91 bits per heavy atom. The third-order valence-corrected chi connectivity index (χ3v) is 6.52. The Kier molecular flexibility index (Phi) is 7.04. The first-order valence-electron chi connectivity index (χ1n) is 11.2.